The lowest BCUT2D eigenvalue weighted by Crippen LogP contribution is -2.54. The summed E-state index contributed by atoms with van der Waals surface area (Å²) in [4.78, 5) is 10.3. The zero-order valence-corrected chi connectivity index (χ0v) is 6.63. The molecule has 0 aromatic heterocycles. The van der Waals surface area contributed by atoms with Crippen molar-refractivity contribution in [1.82, 2.24) is 10.6 Å². The molecule has 0 radical (unpaired) electrons. The fourth-order valence-corrected chi connectivity index (χ4v) is 1.34. The number of aliphatic carboxylic acids is 1. The summed E-state index contributed by atoms with van der Waals surface area (Å²) in [6, 6.07) is 0.476. The molecule has 0 aromatic rings. The van der Waals surface area contributed by atoms with Crippen LogP contribution in [0.25, 0.3) is 0 Å². The van der Waals surface area contributed by atoms with Crippen LogP contribution in [0, 0.1) is 0 Å². The van der Waals surface area contributed by atoms with Gasteiger partial charge in [0, 0.05) is 25.2 Å². The Morgan fingerprint density at radius 2 is 2.36 bits per heavy atom. The average Bonchev–Trinajstić information content (AvgIpc) is 1.85. The van der Waals surface area contributed by atoms with E-state index in [-0.39, 0.29) is 12.5 Å². The highest BCUT2D eigenvalue weighted by Gasteiger charge is 2.18. The van der Waals surface area contributed by atoms with E-state index in [1.54, 1.807) is 0 Å². The summed E-state index contributed by atoms with van der Waals surface area (Å²) in [6.07, 6.45) is 0.206. The van der Waals surface area contributed by atoms with Gasteiger partial charge in [0.1, 0.15) is 0 Å². The fourth-order valence-electron chi connectivity index (χ4n) is 1.34. The number of piperazine rings is 1. The maximum absolute atomic E-state index is 10.3. The Morgan fingerprint density at radius 1 is 1.64 bits per heavy atom. The lowest BCUT2D eigenvalue weighted by Gasteiger charge is -2.28. The highest BCUT2D eigenvalue weighted by Crippen LogP contribution is 1.97. The van der Waals surface area contributed by atoms with Gasteiger partial charge in [-0.15, -0.1) is 0 Å². The van der Waals surface area contributed by atoms with Gasteiger partial charge in [-0.2, -0.15) is 0 Å². The second-order valence-corrected chi connectivity index (χ2v) is 3.02. The topological polar surface area (TPSA) is 61.4 Å². The van der Waals surface area contributed by atoms with Gasteiger partial charge in [-0.3, -0.25) is 4.79 Å². The minimum Gasteiger partial charge on any atom is -0.481 e. The molecule has 1 aliphatic heterocycles. The van der Waals surface area contributed by atoms with Gasteiger partial charge >= 0.3 is 5.97 Å². The monoisotopic (exact) mass is 158 g/mol. The van der Waals surface area contributed by atoms with E-state index in [0.717, 1.165) is 13.1 Å². The largest absolute Gasteiger partial charge is 0.481 e. The Labute approximate surface area is 66.0 Å². The number of hydrogen-bond donors (Lipinski definition) is 3. The van der Waals surface area contributed by atoms with Crippen LogP contribution in [0.2, 0.25) is 0 Å². The predicted octanol–water partition coefficient (Wildman–Crippen LogP) is -0.589. The molecule has 0 aliphatic carbocycles. The van der Waals surface area contributed by atoms with Gasteiger partial charge in [-0.05, 0) is 6.92 Å². The summed E-state index contributed by atoms with van der Waals surface area (Å²) in [5.41, 5.74) is 0. The van der Waals surface area contributed by atoms with E-state index < -0.39 is 5.97 Å². The van der Waals surface area contributed by atoms with Gasteiger partial charge < -0.3 is 15.7 Å². The van der Waals surface area contributed by atoms with E-state index >= 15 is 0 Å². The first-order valence-electron chi connectivity index (χ1n) is 3.87. The van der Waals surface area contributed by atoms with Crippen LogP contribution in [-0.4, -0.2) is 36.2 Å². The molecule has 3 N–H and O–H groups in total. The van der Waals surface area contributed by atoms with E-state index in [9.17, 15) is 4.79 Å². The van der Waals surface area contributed by atoms with E-state index in [0.29, 0.717) is 6.04 Å². The number of carboxylic acids is 1. The fraction of sp³-hybridized carbons (Fsp3) is 0.857. The molecule has 0 aromatic carbocycles. The first-order chi connectivity index (χ1) is 5.18. The van der Waals surface area contributed by atoms with E-state index in [2.05, 4.69) is 10.6 Å². The molecule has 1 saturated heterocycles. The Balaban J connectivity index is 2.28. The van der Waals surface area contributed by atoms with Crippen molar-refractivity contribution >= 4 is 5.97 Å². The third-order valence-corrected chi connectivity index (χ3v) is 1.78. The van der Waals surface area contributed by atoms with Crippen molar-refractivity contribution in [3.8, 4) is 0 Å². The first kappa shape index (κ1) is 8.49. The summed E-state index contributed by atoms with van der Waals surface area (Å²) in [5, 5.41) is 14.9. The van der Waals surface area contributed by atoms with E-state index in [4.69, 9.17) is 5.11 Å². The van der Waals surface area contributed by atoms with Crippen LogP contribution in [0.3, 0.4) is 0 Å². The molecule has 0 saturated carbocycles. The molecule has 64 valence electrons. The third kappa shape index (κ3) is 2.86. The van der Waals surface area contributed by atoms with Crippen LogP contribution in [0.1, 0.15) is 13.3 Å². The van der Waals surface area contributed by atoms with Crippen molar-refractivity contribution in [1.29, 1.82) is 0 Å². The van der Waals surface area contributed by atoms with Crippen LogP contribution >= 0.6 is 0 Å². The summed E-state index contributed by atoms with van der Waals surface area (Å²) < 4.78 is 0. The number of carboxylic acid groups (broad SMARTS) is 1. The van der Waals surface area contributed by atoms with Gasteiger partial charge in [-0.1, -0.05) is 0 Å². The van der Waals surface area contributed by atoms with Crippen LogP contribution in [-0.2, 0) is 4.79 Å². The van der Waals surface area contributed by atoms with Crippen molar-refractivity contribution in [2.24, 2.45) is 0 Å². The zero-order chi connectivity index (χ0) is 8.27. The molecule has 0 spiro atoms. The van der Waals surface area contributed by atoms with Crippen LogP contribution in [0.5, 0.6) is 0 Å². The van der Waals surface area contributed by atoms with Gasteiger partial charge in [0.2, 0.25) is 0 Å². The Bertz CT molecular complexity index is 149. The summed E-state index contributed by atoms with van der Waals surface area (Å²) in [6.45, 7) is 3.73. The van der Waals surface area contributed by atoms with Crippen molar-refractivity contribution in [2.75, 3.05) is 13.1 Å². The van der Waals surface area contributed by atoms with Crippen molar-refractivity contribution in [2.45, 2.75) is 25.4 Å². The zero-order valence-electron chi connectivity index (χ0n) is 6.63. The molecular weight excluding hydrogens is 144 g/mol. The molecule has 2 atom stereocenters. The molecule has 11 heavy (non-hydrogen) atoms. The molecule has 0 unspecified atom stereocenters. The maximum atomic E-state index is 10.3. The number of nitrogens with one attached hydrogen (secondary N) is 2. The van der Waals surface area contributed by atoms with Gasteiger partial charge in [0.05, 0.1) is 6.42 Å². The molecular formula is C7H14N2O2. The third-order valence-electron chi connectivity index (χ3n) is 1.78. The second kappa shape index (κ2) is 3.69. The Kier molecular flexibility index (Phi) is 2.84. The number of rotatable bonds is 2. The normalized spacial score (nSPS) is 31.7. The van der Waals surface area contributed by atoms with Crippen LogP contribution in [0.4, 0.5) is 0 Å². The molecule has 1 fully saturated rings. The quantitative estimate of drug-likeness (QED) is 0.503. The summed E-state index contributed by atoms with van der Waals surface area (Å²) >= 11 is 0. The van der Waals surface area contributed by atoms with E-state index in [1.807, 2.05) is 6.92 Å². The molecule has 4 nitrogen and oxygen atoms in total. The SMILES string of the molecule is C[C@@H]1CNC[C@@H](CC(=O)O)N1. The second-order valence-electron chi connectivity index (χ2n) is 3.02. The number of carbonyl (C=O) groups is 1. The van der Waals surface area contributed by atoms with Gasteiger partial charge in [0.15, 0.2) is 0 Å². The van der Waals surface area contributed by atoms with Crippen molar-refractivity contribution < 1.29 is 9.90 Å². The predicted molar refractivity (Wildman–Crippen MR) is 41.5 cm³/mol. The lowest BCUT2D eigenvalue weighted by atomic mass is 10.1. The first-order valence-corrected chi connectivity index (χ1v) is 3.87. The highest BCUT2D eigenvalue weighted by atomic mass is 16.4. The number of hydrogen-bond acceptors (Lipinski definition) is 3. The molecule has 1 aliphatic rings. The minimum absolute atomic E-state index is 0.0937. The molecule has 1 rings (SSSR count). The molecule has 4 heteroatoms. The van der Waals surface area contributed by atoms with Crippen molar-refractivity contribution in [3.05, 3.63) is 0 Å². The molecule has 1 heterocycles. The standard InChI is InChI=1S/C7H14N2O2/c1-5-3-8-4-6(9-5)2-7(10)11/h5-6,8-9H,2-4H2,1H3,(H,10,11)/t5-,6-/m1/s1. The smallest absolute Gasteiger partial charge is 0.304 e. The van der Waals surface area contributed by atoms with Gasteiger partial charge in [0.25, 0.3) is 0 Å². The van der Waals surface area contributed by atoms with Crippen molar-refractivity contribution in [3.63, 3.8) is 0 Å². The molecule has 0 bridgehead atoms. The Morgan fingerprint density at radius 3 is 2.91 bits per heavy atom. The van der Waals surface area contributed by atoms with Crippen LogP contribution < -0.4 is 10.6 Å². The van der Waals surface area contributed by atoms with E-state index in [1.165, 1.54) is 0 Å². The summed E-state index contributed by atoms with van der Waals surface area (Å²) in [7, 11) is 0. The lowest BCUT2D eigenvalue weighted by molar-refractivity contribution is -0.137. The van der Waals surface area contributed by atoms with Gasteiger partial charge in [-0.25, -0.2) is 0 Å². The summed E-state index contributed by atoms with van der Waals surface area (Å²) in [5.74, 6) is -0.738. The Hall–Kier alpha value is -0.610. The highest BCUT2D eigenvalue weighted by molar-refractivity contribution is 5.67. The van der Waals surface area contributed by atoms with Crippen LogP contribution in [0.15, 0.2) is 0 Å². The maximum Gasteiger partial charge on any atom is 0.304 e. The average molecular weight is 158 g/mol. The minimum atomic E-state index is -0.738. The molecule has 0 amide bonds.